The van der Waals surface area contributed by atoms with Crippen LogP contribution >= 0.6 is 0 Å². The van der Waals surface area contributed by atoms with Gasteiger partial charge in [0.25, 0.3) is 0 Å². The molecule has 4 rings (SSSR count). The predicted molar refractivity (Wildman–Crippen MR) is 116 cm³/mol. The number of carboxylic acid groups (broad SMARTS) is 1. The van der Waals surface area contributed by atoms with Crippen molar-refractivity contribution in [1.29, 1.82) is 0 Å². The van der Waals surface area contributed by atoms with Crippen LogP contribution in [0.4, 0.5) is 4.79 Å². The number of amides is 1. The number of aromatic nitrogens is 2. The number of carbonyl (C=O) groups is 2. The Balaban J connectivity index is 1.46. The van der Waals surface area contributed by atoms with Crippen molar-refractivity contribution in [3.63, 3.8) is 0 Å². The van der Waals surface area contributed by atoms with E-state index in [0.717, 1.165) is 34.2 Å². The lowest BCUT2D eigenvalue weighted by molar-refractivity contribution is -0.144. The van der Waals surface area contributed by atoms with Crippen molar-refractivity contribution in [2.75, 3.05) is 6.61 Å². The van der Waals surface area contributed by atoms with Crippen molar-refractivity contribution in [3.8, 4) is 11.1 Å². The Kier molecular flexibility index (Phi) is 5.50. The van der Waals surface area contributed by atoms with Gasteiger partial charge < -0.3 is 15.2 Å². The van der Waals surface area contributed by atoms with Crippen LogP contribution in [0.2, 0.25) is 0 Å². The van der Waals surface area contributed by atoms with Gasteiger partial charge in [0.15, 0.2) is 5.54 Å². The SMILES string of the molecule is CCc1cnn(CC(C)(NC(=O)OCC2c3ccccc3-c3ccccc32)C(=O)O)c1. The molecule has 1 heterocycles. The molecule has 1 unspecified atom stereocenters. The van der Waals surface area contributed by atoms with Gasteiger partial charge in [0.05, 0.1) is 12.7 Å². The number of ether oxygens (including phenoxy) is 1. The van der Waals surface area contributed by atoms with E-state index in [9.17, 15) is 14.7 Å². The van der Waals surface area contributed by atoms with Gasteiger partial charge in [-0.1, -0.05) is 55.5 Å². The number of fused-ring (bicyclic) bond motifs is 3. The highest BCUT2D eigenvalue weighted by atomic mass is 16.5. The van der Waals surface area contributed by atoms with E-state index >= 15 is 0 Å². The maximum Gasteiger partial charge on any atom is 0.408 e. The highest BCUT2D eigenvalue weighted by Crippen LogP contribution is 2.44. The standard InChI is InChI=1S/C24H25N3O4/c1-3-16-12-25-27(13-16)15-24(2,22(28)29)26-23(30)31-14-21-19-10-6-4-8-17(19)18-9-5-7-11-20(18)21/h4-13,21H,3,14-15H2,1-2H3,(H,26,30)(H,28,29). The first-order valence-corrected chi connectivity index (χ1v) is 10.3. The number of rotatable bonds is 7. The zero-order chi connectivity index (χ0) is 22.0. The van der Waals surface area contributed by atoms with Crippen LogP contribution in [0.1, 0.15) is 36.5 Å². The molecule has 7 nitrogen and oxygen atoms in total. The molecule has 1 aromatic heterocycles. The average Bonchev–Trinajstić information content (AvgIpc) is 3.34. The number of carbonyl (C=O) groups excluding carboxylic acids is 1. The molecule has 1 atom stereocenters. The van der Waals surface area contributed by atoms with Crippen LogP contribution in [0.25, 0.3) is 11.1 Å². The third-order valence-electron chi connectivity index (χ3n) is 5.77. The lowest BCUT2D eigenvalue weighted by Gasteiger charge is -2.26. The largest absolute Gasteiger partial charge is 0.479 e. The molecule has 160 valence electrons. The monoisotopic (exact) mass is 419 g/mol. The summed E-state index contributed by atoms with van der Waals surface area (Å²) in [7, 11) is 0. The number of carboxylic acids is 1. The Bertz CT molecular complexity index is 1080. The maximum absolute atomic E-state index is 12.6. The maximum atomic E-state index is 12.6. The van der Waals surface area contributed by atoms with Gasteiger partial charge in [-0.2, -0.15) is 5.10 Å². The highest BCUT2D eigenvalue weighted by molar-refractivity contribution is 5.84. The summed E-state index contributed by atoms with van der Waals surface area (Å²) in [6.45, 7) is 3.56. The van der Waals surface area contributed by atoms with E-state index in [1.165, 1.54) is 11.6 Å². The zero-order valence-corrected chi connectivity index (χ0v) is 17.5. The number of nitrogens with zero attached hydrogens (tertiary/aromatic N) is 2. The molecule has 0 fully saturated rings. The molecular formula is C24H25N3O4. The quantitative estimate of drug-likeness (QED) is 0.607. The molecule has 31 heavy (non-hydrogen) atoms. The van der Waals surface area contributed by atoms with Gasteiger partial charge in [0, 0.05) is 12.1 Å². The van der Waals surface area contributed by atoms with Crippen molar-refractivity contribution in [2.45, 2.75) is 38.3 Å². The van der Waals surface area contributed by atoms with Gasteiger partial charge in [0.2, 0.25) is 0 Å². The molecule has 7 heteroatoms. The van der Waals surface area contributed by atoms with E-state index in [4.69, 9.17) is 4.74 Å². The molecule has 0 saturated heterocycles. The highest BCUT2D eigenvalue weighted by Gasteiger charge is 2.37. The second-order valence-electron chi connectivity index (χ2n) is 7.99. The van der Waals surface area contributed by atoms with Crippen LogP contribution in [0, 0.1) is 0 Å². The van der Waals surface area contributed by atoms with Crippen LogP contribution in [-0.2, 0) is 22.5 Å². The summed E-state index contributed by atoms with van der Waals surface area (Å²) in [6.07, 6.45) is 3.49. The normalized spacial score (nSPS) is 14.4. The van der Waals surface area contributed by atoms with Crippen molar-refractivity contribution in [2.24, 2.45) is 0 Å². The minimum absolute atomic E-state index is 0.00741. The van der Waals surface area contributed by atoms with Gasteiger partial charge in [-0.25, -0.2) is 9.59 Å². The van der Waals surface area contributed by atoms with E-state index in [1.807, 2.05) is 43.3 Å². The Labute approximate surface area is 180 Å². The summed E-state index contributed by atoms with van der Waals surface area (Å²) in [5.41, 5.74) is 3.90. The Morgan fingerprint density at radius 1 is 1.13 bits per heavy atom. The molecule has 3 aromatic rings. The smallest absolute Gasteiger partial charge is 0.408 e. The first-order valence-electron chi connectivity index (χ1n) is 10.3. The lowest BCUT2D eigenvalue weighted by Crippen LogP contribution is -2.55. The van der Waals surface area contributed by atoms with E-state index < -0.39 is 17.6 Å². The second kappa shape index (κ2) is 8.26. The molecule has 1 aliphatic carbocycles. The minimum atomic E-state index is -1.56. The number of aryl methyl sites for hydroxylation is 1. The van der Waals surface area contributed by atoms with Crippen LogP contribution in [0.15, 0.2) is 60.9 Å². The van der Waals surface area contributed by atoms with Crippen LogP contribution < -0.4 is 5.32 Å². The summed E-state index contributed by atoms with van der Waals surface area (Å²) < 4.78 is 7.03. The fourth-order valence-corrected chi connectivity index (χ4v) is 4.02. The summed E-state index contributed by atoms with van der Waals surface area (Å²) in [6, 6.07) is 16.1. The molecule has 1 aliphatic rings. The van der Waals surface area contributed by atoms with Gasteiger partial charge in [0.1, 0.15) is 6.61 Å². The van der Waals surface area contributed by atoms with Crippen LogP contribution in [0.3, 0.4) is 0 Å². The predicted octanol–water partition coefficient (Wildman–Crippen LogP) is 3.83. The number of alkyl carbamates (subject to hydrolysis) is 1. The summed E-state index contributed by atoms with van der Waals surface area (Å²) in [4.78, 5) is 24.5. The number of benzene rings is 2. The van der Waals surface area contributed by atoms with Crippen molar-refractivity contribution >= 4 is 12.1 Å². The van der Waals surface area contributed by atoms with Gasteiger partial charge in [-0.3, -0.25) is 4.68 Å². The van der Waals surface area contributed by atoms with E-state index in [-0.39, 0.29) is 19.1 Å². The summed E-state index contributed by atoms with van der Waals surface area (Å²) in [5.74, 6) is -1.25. The van der Waals surface area contributed by atoms with Crippen molar-refractivity contribution < 1.29 is 19.4 Å². The molecule has 2 N–H and O–H groups in total. The molecule has 0 saturated carbocycles. The Hall–Kier alpha value is -3.61. The van der Waals surface area contributed by atoms with Crippen molar-refractivity contribution in [3.05, 3.63) is 77.6 Å². The fourth-order valence-electron chi connectivity index (χ4n) is 4.02. The molecule has 1 amide bonds. The van der Waals surface area contributed by atoms with Gasteiger partial charge in [-0.15, -0.1) is 0 Å². The second-order valence-corrected chi connectivity index (χ2v) is 7.99. The molecule has 0 aliphatic heterocycles. The van der Waals surface area contributed by atoms with Gasteiger partial charge in [-0.05, 0) is 41.2 Å². The van der Waals surface area contributed by atoms with E-state index in [0.29, 0.717) is 0 Å². The number of aliphatic carboxylic acids is 1. The van der Waals surface area contributed by atoms with Crippen LogP contribution in [-0.4, -0.2) is 39.1 Å². The number of hydrogen-bond acceptors (Lipinski definition) is 4. The minimum Gasteiger partial charge on any atom is -0.479 e. The third kappa shape index (κ3) is 4.03. The molecule has 2 aromatic carbocycles. The molecule has 0 bridgehead atoms. The topological polar surface area (TPSA) is 93.5 Å². The Morgan fingerprint density at radius 2 is 1.74 bits per heavy atom. The summed E-state index contributed by atoms with van der Waals surface area (Å²) in [5, 5.41) is 16.4. The summed E-state index contributed by atoms with van der Waals surface area (Å²) >= 11 is 0. The molecule has 0 radical (unpaired) electrons. The lowest BCUT2D eigenvalue weighted by atomic mass is 9.98. The molecular weight excluding hydrogens is 394 g/mol. The third-order valence-corrected chi connectivity index (χ3v) is 5.77. The van der Waals surface area contributed by atoms with Crippen LogP contribution in [0.5, 0.6) is 0 Å². The average molecular weight is 419 g/mol. The van der Waals surface area contributed by atoms with Crippen molar-refractivity contribution in [1.82, 2.24) is 15.1 Å². The van der Waals surface area contributed by atoms with Gasteiger partial charge >= 0.3 is 12.1 Å². The zero-order valence-electron chi connectivity index (χ0n) is 17.5. The number of hydrogen-bond donors (Lipinski definition) is 2. The number of nitrogens with one attached hydrogen (secondary N) is 1. The van der Waals surface area contributed by atoms with E-state index in [2.05, 4.69) is 22.5 Å². The Morgan fingerprint density at radius 3 is 2.29 bits per heavy atom. The molecule has 0 spiro atoms. The van der Waals surface area contributed by atoms with E-state index in [1.54, 1.807) is 12.4 Å². The fraction of sp³-hybridized carbons (Fsp3) is 0.292. The first kappa shape index (κ1) is 20.7. The first-order chi connectivity index (χ1) is 14.9.